The number of nitrogens with zero attached hydrogens (tertiary/aromatic N) is 2. The number of hydrogen-bond acceptors (Lipinski definition) is 5. The van der Waals surface area contributed by atoms with Gasteiger partial charge in [0.2, 0.25) is 5.91 Å². The summed E-state index contributed by atoms with van der Waals surface area (Å²) in [7, 11) is 0. The van der Waals surface area contributed by atoms with Crippen LogP contribution in [0.3, 0.4) is 0 Å². The molecule has 5 nitrogen and oxygen atoms in total. The third kappa shape index (κ3) is 5.91. The fourth-order valence-electron chi connectivity index (χ4n) is 4.52. The Labute approximate surface area is 201 Å². The molecule has 1 amide bonds. The highest BCUT2D eigenvalue weighted by molar-refractivity contribution is 7.99. The van der Waals surface area contributed by atoms with Gasteiger partial charge >= 0.3 is 6.08 Å². The van der Waals surface area contributed by atoms with Gasteiger partial charge in [-0.25, -0.2) is 0 Å². The van der Waals surface area contributed by atoms with Crippen LogP contribution in [0.5, 0.6) is 0 Å². The smallest absolute Gasteiger partial charge is 0.389 e. The van der Waals surface area contributed by atoms with Crippen molar-refractivity contribution in [3.05, 3.63) is 42.5 Å². The molecule has 0 unspecified atom stereocenters. The molecule has 2 aromatic carbocycles. The molecule has 2 aromatic rings. The number of rotatable bonds is 6. The van der Waals surface area contributed by atoms with Gasteiger partial charge in [-0.1, -0.05) is 56.0 Å². The first-order valence-electron chi connectivity index (χ1n) is 12.2. The summed E-state index contributed by atoms with van der Waals surface area (Å²) in [4.78, 5) is 22.2. The fourth-order valence-corrected chi connectivity index (χ4v) is 5.56. The van der Waals surface area contributed by atoms with Crippen molar-refractivity contribution < 1.29 is 14.3 Å². The third-order valence-corrected chi connectivity index (χ3v) is 7.21. The molecular weight excluding hydrogens is 432 g/mol. The number of hydrogen-bond donors (Lipinski definition) is 0. The number of carbonyl (C=O) groups is 1. The SMILES string of the molecule is CCOC(=Nc1ccc2c(c1)N(C(=O)CCC1CCCCC1)c1ccccc1S2)OC(C)C. The zero-order valence-corrected chi connectivity index (χ0v) is 20.7. The van der Waals surface area contributed by atoms with Crippen molar-refractivity contribution in [3.63, 3.8) is 0 Å². The van der Waals surface area contributed by atoms with E-state index in [9.17, 15) is 4.79 Å². The predicted molar refractivity (Wildman–Crippen MR) is 135 cm³/mol. The first-order valence-corrected chi connectivity index (χ1v) is 13.0. The summed E-state index contributed by atoms with van der Waals surface area (Å²) < 4.78 is 11.3. The summed E-state index contributed by atoms with van der Waals surface area (Å²) in [5.41, 5.74) is 2.55. The number of amides is 1. The minimum atomic E-state index is -0.0341. The van der Waals surface area contributed by atoms with Crippen molar-refractivity contribution in [1.29, 1.82) is 0 Å². The summed E-state index contributed by atoms with van der Waals surface area (Å²) in [5.74, 6) is 0.827. The monoisotopic (exact) mass is 466 g/mol. The maximum absolute atomic E-state index is 13.6. The summed E-state index contributed by atoms with van der Waals surface area (Å²) in [5, 5.41) is 0. The van der Waals surface area contributed by atoms with Crippen molar-refractivity contribution in [2.24, 2.45) is 10.9 Å². The largest absolute Gasteiger partial charge is 0.451 e. The molecule has 2 aliphatic rings. The summed E-state index contributed by atoms with van der Waals surface area (Å²) >= 11 is 1.69. The number of aliphatic imine (C=N–C) groups is 1. The van der Waals surface area contributed by atoms with Gasteiger partial charge in [-0.3, -0.25) is 9.69 Å². The molecule has 0 aromatic heterocycles. The minimum absolute atomic E-state index is 0.0341. The van der Waals surface area contributed by atoms with Gasteiger partial charge < -0.3 is 9.47 Å². The number of carbonyl (C=O) groups excluding carboxylic acids is 1. The van der Waals surface area contributed by atoms with Crippen LogP contribution in [-0.2, 0) is 14.3 Å². The lowest BCUT2D eigenvalue weighted by molar-refractivity contribution is -0.118. The Kier molecular flexibility index (Phi) is 7.97. The van der Waals surface area contributed by atoms with Crippen LogP contribution in [0.1, 0.15) is 65.7 Å². The van der Waals surface area contributed by atoms with E-state index in [0.29, 0.717) is 24.6 Å². The van der Waals surface area contributed by atoms with Crippen molar-refractivity contribution in [2.45, 2.75) is 81.6 Å². The lowest BCUT2D eigenvalue weighted by Crippen LogP contribution is -2.28. The molecule has 1 aliphatic carbocycles. The molecule has 33 heavy (non-hydrogen) atoms. The second kappa shape index (κ2) is 11.1. The zero-order valence-electron chi connectivity index (χ0n) is 19.9. The Morgan fingerprint density at radius 1 is 1.09 bits per heavy atom. The van der Waals surface area contributed by atoms with Crippen molar-refractivity contribution in [2.75, 3.05) is 11.5 Å². The van der Waals surface area contributed by atoms with Crippen LogP contribution in [0.15, 0.2) is 57.2 Å². The number of benzene rings is 2. The average Bonchev–Trinajstić information content (AvgIpc) is 2.81. The van der Waals surface area contributed by atoms with Crippen LogP contribution in [0.2, 0.25) is 0 Å². The van der Waals surface area contributed by atoms with E-state index in [1.54, 1.807) is 11.8 Å². The zero-order chi connectivity index (χ0) is 23.2. The summed E-state index contributed by atoms with van der Waals surface area (Å²) in [6, 6.07) is 14.1. The molecule has 0 radical (unpaired) electrons. The van der Waals surface area contributed by atoms with Crippen LogP contribution in [0, 0.1) is 5.92 Å². The normalized spacial score (nSPS) is 16.4. The van der Waals surface area contributed by atoms with Gasteiger partial charge in [0.25, 0.3) is 0 Å². The fraction of sp³-hybridized carbons (Fsp3) is 0.481. The number of para-hydroxylation sites is 1. The quantitative estimate of drug-likeness (QED) is 0.324. The maximum Gasteiger partial charge on any atom is 0.389 e. The van der Waals surface area contributed by atoms with Gasteiger partial charge in [0.05, 0.1) is 29.8 Å². The lowest BCUT2D eigenvalue weighted by atomic mass is 9.86. The standard InChI is InChI=1S/C27H34N2O3S/c1-4-31-27(32-19(2)3)28-21-15-16-25-23(18-21)29(22-12-8-9-13-24(22)33-25)26(30)17-14-20-10-6-5-7-11-20/h8-9,12-13,15-16,18-20H,4-7,10-11,14,17H2,1-3H3. The van der Waals surface area contributed by atoms with E-state index in [0.717, 1.165) is 27.6 Å². The van der Waals surface area contributed by atoms with Gasteiger partial charge in [-0.15, -0.1) is 0 Å². The van der Waals surface area contributed by atoms with Crippen LogP contribution < -0.4 is 4.90 Å². The molecule has 1 saturated carbocycles. The van der Waals surface area contributed by atoms with Gasteiger partial charge in [-0.05, 0) is 63.4 Å². The second-order valence-corrected chi connectivity index (χ2v) is 10.1. The Bertz CT molecular complexity index is 999. The molecule has 0 atom stereocenters. The molecular formula is C27H34N2O3S. The Balaban J connectivity index is 1.63. The maximum atomic E-state index is 13.6. The van der Waals surface area contributed by atoms with E-state index in [1.165, 1.54) is 32.1 Å². The topological polar surface area (TPSA) is 51.1 Å². The third-order valence-electron chi connectivity index (χ3n) is 6.07. The average molecular weight is 467 g/mol. The molecule has 1 aliphatic heterocycles. The van der Waals surface area contributed by atoms with E-state index in [4.69, 9.17) is 9.47 Å². The van der Waals surface area contributed by atoms with E-state index in [1.807, 2.05) is 62.1 Å². The molecule has 0 N–H and O–H groups in total. The van der Waals surface area contributed by atoms with Gasteiger partial charge in [0.1, 0.15) is 0 Å². The Hall–Kier alpha value is -2.47. The molecule has 6 heteroatoms. The van der Waals surface area contributed by atoms with Crippen molar-refractivity contribution >= 4 is 40.8 Å². The number of fused-ring (bicyclic) bond motifs is 2. The number of anilines is 2. The Morgan fingerprint density at radius 2 is 1.85 bits per heavy atom. The minimum Gasteiger partial charge on any atom is -0.451 e. The van der Waals surface area contributed by atoms with Gasteiger partial charge in [0.15, 0.2) is 0 Å². The molecule has 1 fully saturated rings. The van der Waals surface area contributed by atoms with E-state index in [2.05, 4.69) is 11.1 Å². The van der Waals surface area contributed by atoms with Gasteiger partial charge in [0, 0.05) is 16.2 Å². The van der Waals surface area contributed by atoms with Crippen LogP contribution in [0.25, 0.3) is 0 Å². The Morgan fingerprint density at radius 3 is 2.61 bits per heavy atom. The van der Waals surface area contributed by atoms with Crippen LogP contribution >= 0.6 is 11.8 Å². The molecule has 4 rings (SSSR count). The predicted octanol–water partition coefficient (Wildman–Crippen LogP) is 7.63. The summed E-state index contributed by atoms with van der Waals surface area (Å²) in [6.45, 7) is 6.28. The van der Waals surface area contributed by atoms with Crippen molar-refractivity contribution in [3.8, 4) is 0 Å². The lowest BCUT2D eigenvalue weighted by Gasteiger charge is -2.32. The first-order chi connectivity index (χ1) is 16.0. The first kappa shape index (κ1) is 23.7. The highest BCUT2D eigenvalue weighted by Gasteiger charge is 2.29. The van der Waals surface area contributed by atoms with Gasteiger partial charge in [-0.2, -0.15) is 4.99 Å². The molecule has 0 spiro atoms. The summed E-state index contributed by atoms with van der Waals surface area (Å²) in [6.07, 6.45) is 8.20. The van der Waals surface area contributed by atoms with E-state index < -0.39 is 0 Å². The molecule has 176 valence electrons. The molecule has 0 bridgehead atoms. The van der Waals surface area contributed by atoms with Crippen LogP contribution in [0.4, 0.5) is 17.1 Å². The number of ether oxygens (including phenoxy) is 2. The molecule has 0 saturated heterocycles. The van der Waals surface area contributed by atoms with Crippen LogP contribution in [-0.4, -0.2) is 24.7 Å². The van der Waals surface area contributed by atoms with E-state index in [-0.39, 0.29) is 18.1 Å². The van der Waals surface area contributed by atoms with E-state index >= 15 is 0 Å². The highest BCUT2D eigenvalue weighted by Crippen LogP contribution is 2.49. The highest BCUT2D eigenvalue weighted by atomic mass is 32.2. The second-order valence-electron chi connectivity index (χ2n) is 8.97. The van der Waals surface area contributed by atoms with Crippen molar-refractivity contribution in [1.82, 2.24) is 0 Å². The molecule has 1 heterocycles.